The van der Waals surface area contributed by atoms with E-state index in [4.69, 9.17) is 0 Å². The highest BCUT2D eigenvalue weighted by Gasteiger charge is 2.13. The fourth-order valence-corrected chi connectivity index (χ4v) is 3.27. The Morgan fingerprint density at radius 1 is 1.36 bits per heavy atom. The van der Waals surface area contributed by atoms with E-state index in [1.807, 2.05) is 0 Å². The summed E-state index contributed by atoms with van der Waals surface area (Å²) >= 11 is 4.45. The summed E-state index contributed by atoms with van der Waals surface area (Å²) in [5, 5.41) is 3.62. The van der Waals surface area contributed by atoms with E-state index in [-0.39, 0.29) is 0 Å². The molecular formula is C11H14INS. The summed E-state index contributed by atoms with van der Waals surface area (Å²) in [6.07, 6.45) is 2.67. The summed E-state index contributed by atoms with van der Waals surface area (Å²) in [5.41, 5.74) is 1.29. The van der Waals surface area contributed by atoms with Gasteiger partial charge in [0.1, 0.15) is 0 Å². The number of halogens is 1. The minimum absolute atomic E-state index is 0.671. The molecular weight excluding hydrogens is 305 g/mol. The first-order chi connectivity index (χ1) is 6.86. The van der Waals surface area contributed by atoms with Crippen LogP contribution in [0.4, 0.5) is 5.69 Å². The molecule has 2 rings (SSSR count). The lowest BCUT2D eigenvalue weighted by Crippen LogP contribution is -2.26. The van der Waals surface area contributed by atoms with Crippen molar-refractivity contribution in [1.82, 2.24) is 0 Å². The second kappa shape index (κ2) is 5.26. The minimum Gasteiger partial charge on any atom is -0.381 e. The minimum atomic E-state index is 0.671. The van der Waals surface area contributed by atoms with Crippen LogP contribution in [0.5, 0.6) is 0 Å². The molecule has 0 aliphatic carbocycles. The molecule has 1 N–H and O–H groups in total. The third kappa shape index (κ3) is 2.79. The zero-order chi connectivity index (χ0) is 9.80. The first-order valence-corrected chi connectivity index (χ1v) is 7.18. The highest BCUT2D eigenvalue weighted by molar-refractivity contribution is 14.1. The van der Waals surface area contributed by atoms with Gasteiger partial charge in [-0.25, -0.2) is 0 Å². The topological polar surface area (TPSA) is 12.0 Å². The van der Waals surface area contributed by atoms with Gasteiger partial charge in [0.25, 0.3) is 0 Å². The quantitative estimate of drug-likeness (QED) is 0.836. The Labute approximate surface area is 103 Å². The summed E-state index contributed by atoms with van der Waals surface area (Å²) in [5.74, 6) is 2.59. The number of nitrogens with one attached hydrogen (secondary N) is 1. The molecule has 1 nitrogen and oxygen atoms in total. The summed E-state index contributed by atoms with van der Waals surface area (Å²) in [6.45, 7) is 0. The molecule has 1 aliphatic rings. The van der Waals surface area contributed by atoms with Gasteiger partial charge in [-0.05, 0) is 53.3 Å². The standard InChI is InChI=1S/C11H14INS/c12-10-5-1-2-6-11(10)13-9-4-3-7-14-8-9/h1-2,5-6,9,13H,3-4,7-8H2. The first kappa shape index (κ1) is 10.6. The smallest absolute Gasteiger partial charge is 0.0478 e. The van der Waals surface area contributed by atoms with Crippen LogP contribution < -0.4 is 5.32 Å². The Morgan fingerprint density at radius 2 is 2.21 bits per heavy atom. The van der Waals surface area contributed by atoms with Gasteiger partial charge in [-0.3, -0.25) is 0 Å². The second-order valence-corrected chi connectivity index (χ2v) is 5.85. The van der Waals surface area contributed by atoms with Crippen molar-refractivity contribution < 1.29 is 0 Å². The van der Waals surface area contributed by atoms with Gasteiger partial charge >= 0.3 is 0 Å². The lowest BCUT2D eigenvalue weighted by Gasteiger charge is -2.24. The van der Waals surface area contributed by atoms with E-state index in [9.17, 15) is 0 Å². The van der Waals surface area contributed by atoms with Crippen molar-refractivity contribution >= 4 is 40.0 Å². The molecule has 1 aromatic rings. The molecule has 1 aromatic carbocycles. The van der Waals surface area contributed by atoms with Crippen LogP contribution in [-0.2, 0) is 0 Å². The number of thioether (sulfide) groups is 1. The van der Waals surface area contributed by atoms with Gasteiger partial charge in [-0.2, -0.15) is 11.8 Å². The van der Waals surface area contributed by atoms with Crippen LogP contribution in [0.15, 0.2) is 24.3 Å². The van der Waals surface area contributed by atoms with Gasteiger partial charge in [-0.1, -0.05) is 12.1 Å². The van der Waals surface area contributed by atoms with Crippen molar-refractivity contribution in [2.45, 2.75) is 18.9 Å². The number of para-hydroxylation sites is 1. The number of anilines is 1. The zero-order valence-electron chi connectivity index (χ0n) is 8.00. The van der Waals surface area contributed by atoms with Crippen LogP contribution in [0.2, 0.25) is 0 Å². The molecule has 14 heavy (non-hydrogen) atoms. The highest BCUT2D eigenvalue weighted by Crippen LogP contribution is 2.23. The molecule has 0 saturated carbocycles. The fourth-order valence-electron chi connectivity index (χ4n) is 1.65. The number of hydrogen-bond donors (Lipinski definition) is 1. The molecule has 0 radical (unpaired) electrons. The van der Waals surface area contributed by atoms with E-state index in [1.165, 1.54) is 33.6 Å². The zero-order valence-corrected chi connectivity index (χ0v) is 11.0. The van der Waals surface area contributed by atoms with E-state index < -0.39 is 0 Å². The molecule has 1 unspecified atom stereocenters. The SMILES string of the molecule is Ic1ccccc1NC1CCCSC1. The van der Waals surface area contributed by atoms with Crippen LogP contribution in [0.3, 0.4) is 0 Å². The third-order valence-corrected chi connectivity index (χ3v) is 4.55. The average molecular weight is 319 g/mol. The molecule has 1 aliphatic heterocycles. The van der Waals surface area contributed by atoms with Gasteiger partial charge in [0.15, 0.2) is 0 Å². The molecule has 1 saturated heterocycles. The molecule has 0 amide bonds. The molecule has 1 fully saturated rings. The van der Waals surface area contributed by atoms with Gasteiger partial charge in [-0.15, -0.1) is 0 Å². The fraction of sp³-hybridized carbons (Fsp3) is 0.455. The normalized spacial score (nSPS) is 21.9. The molecule has 1 heterocycles. The van der Waals surface area contributed by atoms with Crippen molar-refractivity contribution in [2.75, 3.05) is 16.8 Å². The Balaban J connectivity index is 1.99. The van der Waals surface area contributed by atoms with Crippen LogP contribution in [0.25, 0.3) is 0 Å². The van der Waals surface area contributed by atoms with E-state index in [0.29, 0.717) is 6.04 Å². The predicted octanol–water partition coefficient (Wildman–Crippen LogP) is 3.60. The Hall–Kier alpha value is 0.1000. The maximum absolute atomic E-state index is 3.62. The van der Waals surface area contributed by atoms with Gasteiger partial charge in [0.05, 0.1) is 0 Å². The maximum atomic E-state index is 3.62. The largest absolute Gasteiger partial charge is 0.381 e. The Morgan fingerprint density at radius 3 is 2.93 bits per heavy atom. The van der Waals surface area contributed by atoms with E-state index in [2.05, 4.69) is 63.9 Å². The Bertz CT molecular complexity index is 297. The third-order valence-electron chi connectivity index (χ3n) is 2.39. The molecule has 0 aromatic heterocycles. The van der Waals surface area contributed by atoms with Crippen LogP contribution in [-0.4, -0.2) is 17.5 Å². The van der Waals surface area contributed by atoms with Crippen molar-refractivity contribution in [3.05, 3.63) is 27.8 Å². The molecule has 1 atom stereocenters. The number of hydrogen-bond acceptors (Lipinski definition) is 2. The Kier molecular flexibility index (Phi) is 3.99. The highest BCUT2D eigenvalue weighted by atomic mass is 127. The molecule has 0 bridgehead atoms. The second-order valence-electron chi connectivity index (χ2n) is 3.54. The van der Waals surface area contributed by atoms with Gasteiger partial charge in [0, 0.05) is 21.1 Å². The van der Waals surface area contributed by atoms with Crippen molar-refractivity contribution in [3.8, 4) is 0 Å². The van der Waals surface area contributed by atoms with Crippen LogP contribution in [0, 0.1) is 3.57 Å². The van der Waals surface area contributed by atoms with Crippen molar-refractivity contribution in [1.29, 1.82) is 0 Å². The molecule has 3 heteroatoms. The lowest BCUT2D eigenvalue weighted by atomic mass is 10.2. The molecule has 0 spiro atoms. The van der Waals surface area contributed by atoms with E-state index >= 15 is 0 Å². The summed E-state index contributed by atoms with van der Waals surface area (Å²) in [7, 11) is 0. The average Bonchev–Trinajstić information content (AvgIpc) is 2.23. The predicted molar refractivity (Wildman–Crippen MR) is 73.1 cm³/mol. The summed E-state index contributed by atoms with van der Waals surface area (Å²) in [4.78, 5) is 0. The van der Waals surface area contributed by atoms with Crippen molar-refractivity contribution in [2.24, 2.45) is 0 Å². The van der Waals surface area contributed by atoms with Crippen LogP contribution in [0.1, 0.15) is 12.8 Å². The van der Waals surface area contributed by atoms with Crippen molar-refractivity contribution in [3.63, 3.8) is 0 Å². The van der Waals surface area contributed by atoms with Gasteiger partial charge < -0.3 is 5.32 Å². The van der Waals surface area contributed by atoms with E-state index in [1.54, 1.807) is 0 Å². The number of benzene rings is 1. The first-order valence-electron chi connectivity index (χ1n) is 4.95. The number of rotatable bonds is 2. The lowest BCUT2D eigenvalue weighted by molar-refractivity contribution is 0.685. The van der Waals surface area contributed by atoms with Crippen LogP contribution >= 0.6 is 34.4 Å². The summed E-state index contributed by atoms with van der Waals surface area (Å²) < 4.78 is 1.32. The summed E-state index contributed by atoms with van der Waals surface area (Å²) in [6, 6.07) is 9.17. The monoisotopic (exact) mass is 319 g/mol. The van der Waals surface area contributed by atoms with E-state index in [0.717, 1.165) is 0 Å². The van der Waals surface area contributed by atoms with Gasteiger partial charge in [0.2, 0.25) is 0 Å². The maximum Gasteiger partial charge on any atom is 0.0478 e. The molecule has 76 valence electrons.